The van der Waals surface area contributed by atoms with Gasteiger partial charge in [0.05, 0.1) is 42.7 Å². The molecule has 0 radical (unpaired) electrons. The summed E-state index contributed by atoms with van der Waals surface area (Å²) in [7, 11) is 2.84. The van der Waals surface area contributed by atoms with E-state index in [2.05, 4.69) is 4.99 Å². The van der Waals surface area contributed by atoms with E-state index in [0.29, 0.717) is 56.6 Å². The van der Waals surface area contributed by atoms with E-state index in [9.17, 15) is 14.7 Å². The van der Waals surface area contributed by atoms with Gasteiger partial charge in [-0.1, -0.05) is 53.8 Å². The van der Waals surface area contributed by atoms with E-state index < -0.39 is 12.0 Å². The van der Waals surface area contributed by atoms with Gasteiger partial charge in [-0.05, 0) is 60.9 Å². The van der Waals surface area contributed by atoms with Crippen molar-refractivity contribution >= 4 is 23.4 Å². The number of thiazole rings is 1. The number of carbonyl (C=O) groups is 1. The highest BCUT2D eigenvalue weighted by Crippen LogP contribution is 2.36. The molecule has 1 N–H and O–H groups in total. The number of carbonyl (C=O) groups excluding carboxylic acids is 1. The number of phenolic OH excluding ortho intramolecular Hbond substituents is 1. The molecular weight excluding hydrogens is 556 g/mol. The van der Waals surface area contributed by atoms with Gasteiger partial charge in [-0.2, -0.15) is 0 Å². The molecule has 9 nitrogen and oxygen atoms in total. The quantitative estimate of drug-likeness (QED) is 0.294. The second-order valence-corrected chi connectivity index (χ2v) is 10.4. The molecule has 0 saturated carbocycles. The summed E-state index contributed by atoms with van der Waals surface area (Å²) in [6, 6.07) is 19.2. The van der Waals surface area contributed by atoms with Crippen LogP contribution in [0.2, 0.25) is 0 Å². The predicted octanol–water partition coefficient (Wildman–Crippen LogP) is 4.10. The largest absolute Gasteiger partial charge is 0.504 e. The van der Waals surface area contributed by atoms with Crippen molar-refractivity contribution in [1.82, 2.24) is 4.57 Å². The molecule has 1 unspecified atom stereocenters. The van der Waals surface area contributed by atoms with Gasteiger partial charge in [0.25, 0.3) is 5.56 Å². The number of ether oxygens (including phenoxy) is 4. The summed E-state index contributed by atoms with van der Waals surface area (Å²) < 4.78 is 24.2. The number of fused-ring (bicyclic) bond motifs is 1. The van der Waals surface area contributed by atoms with Gasteiger partial charge >= 0.3 is 5.97 Å². The van der Waals surface area contributed by atoms with Crippen molar-refractivity contribution in [1.29, 1.82) is 0 Å². The highest BCUT2D eigenvalue weighted by molar-refractivity contribution is 7.07. The number of hydrogen-bond donors (Lipinski definition) is 1. The zero-order valence-corrected chi connectivity index (χ0v) is 24.4. The molecule has 42 heavy (non-hydrogen) atoms. The van der Waals surface area contributed by atoms with E-state index in [4.69, 9.17) is 18.9 Å². The first kappa shape index (κ1) is 28.7. The van der Waals surface area contributed by atoms with Gasteiger partial charge < -0.3 is 24.1 Å². The molecule has 216 valence electrons. The SMILES string of the molecule is CCOc1cc(C=c2sc3n(c2=O)C(c2ccc(OCc4ccccc4)c(OC)c2)C(C(=O)OC)=C(C)N=3)ccc1O. The fourth-order valence-corrected chi connectivity index (χ4v) is 5.81. The highest BCUT2D eigenvalue weighted by Gasteiger charge is 2.33. The van der Waals surface area contributed by atoms with Crippen molar-refractivity contribution in [2.45, 2.75) is 26.5 Å². The zero-order chi connectivity index (χ0) is 29.8. The van der Waals surface area contributed by atoms with Crippen molar-refractivity contribution in [3.8, 4) is 23.0 Å². The molecule has 1 atom stereocenters. The van der Waals surface area contributed by atoms with Crippen molar-refractivity contribution in [2.24, 2.45) is 4.99 Å². The van der Waals surface area contributed by atoms with Crippen LogP contribution in [0, 0.1) is 0 Å². The Balaban J connectivity index is 1.61. The van der Waals surface area contributed by atoms with E-state index in [1.165, 1.54) is 36.2 Å². The molecule has 2 heterocycles. The van der Waals surface area contributed by atoms with E-state index in [1.807, 2.05) is 37.3 Å². The fraction of sp³-hybridized carbons (Fsp3) is 0.219. The van der Waals surface area contributed by atoms with E-state index in [1.54, 1.807) is 43.3 Å². The summed E-state index contributed by atoms with van der Waals surface area (Å²) in [6.45, 7) is 4.27. The summed E-state index contributed by atoms with van der Waals surface area (Å²) in [4.78, 5) is 32.0. The molecule has 1 aliphatic heterocycles. The number of hydrogen-bond acceptors (Lipinski definition) is 9. The Kier molecular flexibility index (Phi) is 8.44. The summed E-state index contributed by atoms with van der Waals surface area (Å²) in [5.41, 5.74) is 2.68. The van der Waals surface area contributed by atoms with Crippen LogP contribution < -0.4 is 29.1 Å². The van der Waals surface area contributed by atoms with Gasteiger partial charge in [0.15, 0.2) is 27.8 Å². The molecule has 0 fully saturated rings. The fourth-order valence-electron chi connectivity index (χ4n) is 4.76. The number of benzene rings is 3. The van der Waals surface area contributed by atoms with Crippen molar-refractivity contribution in [2.75, 3.05) is 20.8 Å². The van der Waals surface area contributed by atoms with Crippen molar-refractivity contribution in [3.63, 3.8) is 0 Å². The lowest BCUT2D eigenvalue weighted by atomic mass is 9.95. The topological polar surface area (TPSA) is 109 Å². The molecule has 0 bridgehead atoms. The summed E-state index contributed by atoms with van der Waals surface area (Å²) in [5, 5.41) is 10.1. The average molecular weight is 587 g/mol. The van der Waals surface area contributed by atoms with Crippen LogP contribution >= 0.6 is 11.3 Å². The molecule has 1 aliphatic rings. The van der Waals surface area contributed by atoms with Crippen LogP contribution in [0.1, 0.15) is 36.6 Å². The van der Waals surface area contributed by atoms with Gasteiger partial charge in [-0.25, -0.2) is 9.79 Å². The van der Waals surface area contributed by atoms with Crippen LogP contribution in [0.15, 0.2) is 87.8 Å². The first-order valence-corrected chi connectivity index (χ1v) is 14.1. The first-order chi connectivity index (χ1) is 20.3. The van der Waals surface area contributed by atoms with Crippen molar-refractivity contribution < 1.29 is 28.8 Å². The Labute approximate surface area is 246 Å². The van der Waals surface area contributed by atoms with E-state index >= 15 is 0 Å². The van der Waals surface area contributed by atoms with Gasteiger partial charge in [0.2, 0.25) is 0 Å². The van der Waals surface area contributed by atoms with Crippen LogP contribution in [-0.2, 0) is 16.1 Å². The predicted molar refractivity (Wildman–Crippen MR) is 159 cm³/mol. The maximum atomic E-state index is 13.9. The number of nitrogens with zero attached hydrogens (tertiary/aromatic N) is 2. The number of aromatic nitrogens is 1. The summed E-state index contributed by atoms with van der Waals surface area (Å²) >= 11 is 1.21. The van der Waals surface area contributed by atoms with Gasteiger partial charge in [0, 0.05) is 0 Å². The third-order valence-corrected chi connectivity index (χ3v) is 7.73. The Morgan fingerprint density at radius 3 is 2.52 bits per heavy atom. The molecular formula is C32H30N2O7S. The summed E-state index contributed by atoms with van der Waals surface area (Å²) in [5.74, 6) is 0.729. The van der Waals surface area contributed by atoms with Gasteiger partial charge in [-0.15, -0.1) is 0 Å². The molecule has 3 aromatic carbocycles. The molecule has 0 aliphatic carbocycles. The maximum absolute atomic E-state index is 13.9. The number of phenols is 1. The van der Waals surface area contributed by atoms with Crippen LogP contribution in [0.3, 0.4) is 0 Å². The third kappa shape index (κ3) is 5.66. The number of aromatic hydroxyl groups is 1. The number of rotatable bonds is 9. The zero-order valence-electron chi connectivity index (χ0n) is 23.6. The highest BCUT2D eigenvalue weighted by atomic mass is 32.1. The average Bonchev–Trinajstić information content (AvgIpc) is 3.30. The first-order valence-electron chi connectivity index (χ1n) is 13.3. The number of esters is 1. The minimum absolute atomic E-state index is 0.0129. The second kappa shape index (κ2) is 12.4. The second-order valence-electron chi connectivity index (χ2n) is 9.42. The molecule has 1 aromatic heterocycles. The molecule has 4 aromatic rings. The van der Waals surface area contributed by atoms with Gasteiger partial charge in [0.1, 0.15) is 6.61 Å². The van der Waals surface area contributed by atoms with Crippen LogP contribution in [0.4, 0.5) is 0 Å². The lowest BCUT2D eigenvalue weighted by Gasteiger charge is -2.25. The van der Waals surface area contributed by atoms with Crippen LogP contribution in [0.25, 0.3) is 6.08 Å². The smallest absolute Gasteiger partial charge is 0.338 e. The molecule has 0 spiro atoms. The van der Waals surface area contributed by atoms with Crippen LogP contribution in [0.5, 0.6) is 23.0 Å². The third-order valence-electron chi connectivity index (χ3n) is 6.75. The Bertz CT molecular complexity index is 1840. The monoisotopic (exact) mass is 586 g/mol. The molecule has 10 heteroatoms. The lowest BCUT2D eigenvalue weighted by molar-refractivity contribution is -0.136. The normalized spacial score (nSPS) is 14.7. The number of methoxy groups -OCH3 is 2. The van der Waals surface area contributed by atoms with E-state index in [0.717, 1.165) is 5.56 Å². The Morgan fingerprint density at radius 2 is 1.81 bits per heavy atom. The van der Waals surface area contributed by atoms with Crippen molar-refractivity contribution in [3.05, 3.63) is 114 Å². The van der Waals surface area contributed by atoms with Crippen LogP contribution in [-0.4, -0.2) is 36.5 Å². The van der Waals surface area contributed by atoms with E-state index in [-0.39, 0.29) is 16.9 Å². The number of allylic oxidation sites excluding steroid dienone is 1. The lowest BCUT2D eigenvalue weighted by Crippen LogP contribution is -2.39. The molecule has 5 rings (SSSR count). The Hall–Kier alpha value is -4.83. The molecule has 0 saturated heterocycles. The Morgan fingerprint density at radius 1 is 1.02 bits per heavy atom. The standard InChI is InChI=1S/C32H30N2O7S/c1-5-40-25-15-21(11-13-23(25)35)16-27-30(36)34-29(28(31(37)39-4)19(2)33-32(34)42-27)22-12-14-24(26(17-22)38-3)41-18-20-9-7-6-8-10-20/h6-17,29,35H,5,18H2,1-4H3. The summed E-state index contributed by atoms with van der Waals surface area (Å²) in [6.07, 6.45) is 1.71. The minimum atomic E-state index is -0.813. The maximum Gasteiger partial charge on any atom is 0.338 e. The van der Waals surface area contributed by atoms with Gasteiger partial charge in [-0.3, -0.25) is 9.36 Å². The minimum Gasteiger partial charge on any atom is -0.504 e. The molecule has 0 amide bonds.